The van der Waals surface area contributed by atoms with Crippen molar-refractivity contribution in [1.29, 1.82) is 0 Å². The molecule has 3 aromatic heterocycles. The van der Waals surface area contributed by atoms with Gasteiger partial charge in [-0.3, -0.25) is 9.69 Å². The van der Waals surface area contributed by atoms with E-state index in [2.05, 4.69) is 9.88 Å². The maximum atomic E-state index is 13.2. The Morgan fingerprint density at radius 1 is 1.21 bits per heavy atom. The smallest absolute Gasteiger partial charge is 0.260 e. The summed E-state index contributed by atoms with van der Waals surface area (Å²) < 4.78 is 18.7. The zero-order valence-corrected chi connectivity index (χ0v) is 15.8. The predicted octanol–water partition coefficient (Wildman–Crippen LogP) is 4.55. The minimum absolute atomic E-state index is 0.158. The molecule has 5 rings (SSSR count). The molecule has 1 aromatic carbocycles. The van der Waals surface area contributed by atoms with Crippen LogP contribution in [0.25, 0.3) is 21.3 Å². The first kappa shape index (κ1) is 17.3. The van der Waals surface area contributed by atoms with E-state index in [1.165, 1.54) is 23.5 Å². The largest absolute Gasteiger partial charge is 0.468 e. The molecule has 0 atom stereocenters. The van der Waals surface area contributed by atoms with Crippen LogP contribution < -0.4 is 5.56 Å². The average Bonchev–Trinajstić information content (AvgIpc) is 3.23. The summed E-state index contributed by atoms with van der Waals surface area (Å²) in [6, 6.07) is 10.5. The molecule has 7 heteroatoms. The Bertz CT molecular complexity index is 1160. The molecule has 0 aliphatic heterocycles. The molecule has 28 heavy (non-hydrogen) atoms. The van der Waals surface area contributed by atoms with E-state index in [1.54, 1.807) is 18.4 Å². The maximum Gasteiger partial charge on any atom is 0.260 e. The van der Waals surface area contributed by atoms with Crippen LogP contribution in [0.1, 0.15) is 24.4 Å². The van der Waals surface area contributed by atoms with Gasteiger partial charge >= 0.3 is 0 Å². The molecular formula is C21H18FN3O2S. The zero-order chi connectivity index (χ0) is 19.1. The number of furan rings is 1. The van der Waals surface area contributed by atoms with Gasteiger partial charge in [-0.2, -0.15) is 0 Å². The number of hydrogen-bond acceptors (Lipinski definition) is 5. The van der Waals surface area contributed by atoms with Crippen LogP contribution in [0, 0.1) is 5.82 Å². The summed E-state index contributed by atoms with van der Waals surface area (Å²) in [7, 11) is 0. The third kappa shape index (κ3) is 3.39. The van der Waals surface area contributed by atoms with Gasteiger partial charge in [0.05, 0.1) is 24.7 Å². The Balaban J connectivity index is 1.46. The second-order valence-corrected chi connectivity index (χ2v) is 7.92. The molecule has 1 aliphatic carbocycles. The van der Waals surface area contributed by atoms with Gasteiger partial charge in [0.2, 0.25) is 0 Å². The molecule has 0 amide bonds. The second kappa shape index (κ2) is 7.00. The van der Waals surface area contributed by atoms with Gasteiger partial charge in [0.25, 0.3) is 5.56 Å². The molecule has 0 saturated heterocycles. The summed E-state index contributed by atoms with van der Waals surface area (Å²) in [6.45, 7) is 1.27. The lowest BCUT2D eigenvalue weighted by Crippen LogP contribution is -2.27. The number of nitrogens with zero attached hydrogens (tertiary/aromatic N) is 2. The van der Waals surface area contributed by atoms with Crippen LogP contribution in [0.4, 0.5) is 4.39 Å². The van der Waals surface area contributed by atoms with E-state index in [0.29, 0.717) is 35.2 Å². The lowest BCUT2D eigenvalue weighted by atomic mass is 10.1. The van der Waals surface area contributed by atoms with Crippen molar-refractivity contribution in [3.8, 4) is 11.1 Å². The van der Waals surface area contributed by atoms with Crippen molar-refractivity contribution < 1.29 is 8.81 Å². The third-order valence-corrected chi connectivity index (χ3v) is 5.88. The lowest BCUT2D eigenvalue weighted by molar-refractivity contribution is 0.220. The van der Waals surface area contributed by atoms with Crippen LogP contribution in [-0.4, -0.2) is 20.9 Å². The summed E-state index contributed by atoms with van der Waals surface area (Å²) in [6.07, 6.45) is 3.98. The van der Waals surface area contributed by atoms with Crippen LogP contribution in [0.3, 0.4) is 0 Å². The Morgan fingerprint density at radius 3 is 2.75 bits per heavy atom. The molecule has 3 heterocycles. The minimum Gasteiger partial charge on any atom is -0.468 e. The summed E-state index contributed by atoms with van der Waals surface area (Å²) in [5.41, 5.74) is 1.44. The number of fused-ring (bicyclic) bond motifs is 1. The summed E-state index contributed by atoms with van der Waals surface area (Å²) in [4.78, 5) is 23.4. The normalized spacial score (nSPS) is 14.2. The molecule has 0 unspecified atom stereocenters. The quantitative estimate of drug-likeness (QED) is 0.520. The molecule has 0 radical (unpaired) electrons. The van der Waals surface area contributed by atoms with E-state index in [1.807, 2.05) is 17.5 Å². The maximum absolute atomic E-state index is 13.2. The van der Waals surface area contributed by atoms with Crippen molar-refractivity contribution in [1.82, 2.24) is 14.9 Å². The molecule has 142 valence electrons. The summed E-state index contributed by atoms with van der Waals surface area (Å²) in [5, 5.41) is 2.47. The SMILES string of the molecule is O=c1[nH]c(CN(Cc2ccco2)C2CC2)nc2scc(-c3ccc(F)cc3)c12. The molecule has 1 N–H and O–H groups in total. The lowest BCUT2D eigenvalue weighted by Gasteiger charge is -2.20. The second-order valence-electron chi connectivity index (χ2n) is 7.06. The number of halogens is 1. The molecule has 1 aliphatic rings. The van der Waals surface area contributed by atoms with Crippen LogP contribution in [-0.2, 0) is 13.1 Å². The van der Waals surface area contributed by atoms with Gasteiger partial charge < -0.3 is 9.40 Å². The van der Waals surface area contributed by atoms with Crippen LogP contribution in [0.15, 0.2) is 57.3 Å². The Morgan fingerprint density at radius 2 is 2.04 bits per heavy atom. The first-order valence-electron chi connectivity index (χ1n) is 9.20. The van der Waals surface area contributed by atoms with Crippen molar-refractivity contribution >= 4 is 21.6 Å². The number of hydrogen-bond donors (Lipinski definition) is 1. The minimum atomic E-state index is -0.297. The van der Waals surface area contributed by atoms with Crippen LogP contribution >= 0.6 is 11.3 Å². The van der Waals surface area contributed by atoms with Gasteiger partial charge in [0, 0.05) is 17.0 Å². The van der Waals surface area contributed by atoms with Gasteiger partial charge in [-0.25, -0.2) is 9.37 Å². The number of rotatable bonds is 6. The molecule has 5 nitrogen and oxygen atoms in total. The van der Waals surface area contributed by atoms with Crippen molar-refractivity contribution in [2.45, 2.75) is 32.0 Å². The van der Waals surface area contributed by atoms with Crippen LogP contribution in [0.2, 0.25) is 0 Å². The van der Waals surface area contributed by atoms with E-state index in [-0.39, 0.29) is 11.4 Å². The number of nitrogens with one attached hydrogen (secondary N) is 1. The molecule has 4 aromatic rings. The molecule has 1 saturated carbocycles. The highest BCUT2D eigenvalue weighted by Crippen LogP contribution is 2.32. The fourth-order valence-electron chi connectivity index (χ4n) is 3.46. The topological polar surface area (TPSA) is 62.1 Å². The van der Waals surface area contributed by atoms with E-state index >= 15 is 0 Å². The monoisotopic (exact) mass is 395 g/mol. The van der Waals surface area contributed by atoms with E-state index in [4.69, 9.17) is 9.40 Å². The fraction of sp³-hybridized carbons (Fsp3) is 0.238. The van der Waals surface area contributed by atoms with E-state index < -0.39 is 0 Å². The van der Waals surface area contributed by atoms with Crippen molar-refractivity contribution in [2.24, 2.45) is 0 Å². The Labute approximate surface area is 164 Å². The van der Waals surface area contributed by atoms with E-state index in [9.17, 15) is 9.18 Å². The number of aromatic nitrogens is 2. The van der Waals surface area contributed by atoms with Gasteiger partial charge in [0.15, 0.2) is 0 Å². The Kier molecular flexibility index (Phi) is 4.33. The molecule has 0 bridgehead atoms. The number of thiophene rings is 1. The van der Waals surface area contributed by atoms with Crippen molar-refractivity contribution in [3.05, 3.63) is 75.8 Å². The van der Waals surface area contributed by atoms with Gasteiger partial charge in [-0.1, -0.05) is 12.1 Å². The van der Waals surface area contributed by atoms with E-state index in [0.717, 1.165) is 29.7 Å². The number of benzene rings is 1. The number of aromatic amines is 1. The Hall–Kier alpha value is -2.77. The standard InChI is InChI=1S/C21H18FN3O2S/c22-14-5-3-13(4-6-14)17-12-28-21-19(17)20(26)23-18(24-21)11-25(15-7-8-15)10-16-2-1-9-27-16/h1-6,9,12,15H,7-8,10-11H2,(H,23,24,26). The highest BCUT2D eigenvalue weighted by atomic mass is 32.1. The number of H-pyrrole nitrogens is 1. The van der Waals surface area contributed by atoms with Crippen LogP contribution in [0.5, 0.6) is 0 Å². The van der Waals surface area contributed by atoms with Gasteiger partial charge in [-0.05, 0) is 42.7 Å². The summed E-state index contributed by atoms with van der Waals surface area (Å²) in [5.74, 6) is 1.27. The first-order valence-corrected chi connectivity index (χ1v) is 10.1. The van der Waals surface area contributed by atoms with Gasteiger partial charge in [-0.15, -0.1) is 11.3 Å². The van der Waals surface area contributed by atoms with Crippen molar-refractivity contribution in [3.63, 3.8) is 0 Å². The zero-order valence-electron chi connectivity index (χ0n) is 15.0. The first-order chi connectivity index (χ1) is 13.7. The summed E-state index contributed by atoms with van der Waals surface area (Å²) >= 11 is 1.44. The molecule has 1 fully saturated rings. The highest BCUT2D eigenvalue weighted by molar-refractivity contribution is 7.17. The van der Waals surface area contributed by atoms with Gasteiger partial charge in [0.1, 0.15) is 22.2 Å². The fourth-order valence-corrected chi connectivity index (χ4v) is 4.43. The highest BCUT2D eigenvalue weighted by Gasteiger charge is 2.30. The predicted molar refractivity (Wildman–Crippen MR) is 107 cm³/mol. The average molecular weight is 395 g/mol. The van der Waals surface area contributed by atoms with Crippen molar-refractivity contribution in [2.75, 3.05) is 0 Å². The molecule has 0 spiro atoms. The third-order valence-electron chi connectivity index (χ3n) is 5.00. The molecular weight excluding hydrogens is 377 g/mol.